The van der Waals surface area contributed by atoms with E-state index in [9.17, 15) is 9.59 Å². The van der Waals surface area contributed by atoms with Crippen molar-refractivity contribution in [2.75, 3.05) is 0 Å². The van der Waals surface area contributed by atoms with E-state index >= 15 is 0 Å². The molecular weight excluding hydrogens is 446 g/mol. The lowest BCUT2D eigenvalue weighted by molar-refractivity contribution is -0.137. The molecule has 5 nitrogen and oxygen atoms in total. The van der Waals surface area contributed by atoms with Crippen LogP contribution in [0.25, 0.3) is 11.0 Å². The fourth-order valence-corrected chi connectivity index (χ4v) is 6.75. The van der Waals surface area contributed by atoms with Gasteiger partial charge in [-0.25, -0.2) is 0 Å². The van der Waals surface area contributed by atoms with E-state index in [1.54, 1.807) is 11.3 Å². The minimum absolute atomic E-state index is 0.0360. The lowest BCUT2D eigenvalue weighted by Crippen LogP contribution is -2.43. The number of amides is 1. The number of para-hydroxylation sites is 1. The number of carboxylic acid groups (broad SMARTS) is 1. The number of thiophene rings is 1. The first-order valence-corrected chi connectivity index (χ1v) is 13.1. The summed E-state index contributed by atoms with van der Waals surface area (Å²) in [5.74, 6) is 1.96. The summed E-state index contributed by atoms with van der Waals surface area (Å²) in [6.07, 6.45) is 11.3. The predicted molar refractivity (Wildman–Crippen MR) is 134 cm³/mol. The van der Waals surface area contributed by atoms with Gasteiger partial charge in [0.2, 0.25) is 0 Å². The third-order valence-corrected chi connectivity index (χ3v) is 8.52. The number of rotatable bonds is 10. The zero-order valence-corrected chi connectivity index (χ0v) is 20.1. The van der Waals surface area contributed by atoms with E-state index in [0.29, 0.717) is 30.6 Å². The summed E-state index contributed by atoms with van der Waals surface area (Å²) in [5.41, 5.74) is 0.894. The normalized spacial score (nSPS) is 23.8. The average molecular weight is 478 g/mol. The molecule has 5 rings (SSSR count). The first-order chi connectivity index (χ1) is 16.6. The van der Waals surface area contributed by atoms with Crippen molar-refractivity contribution in [1.82, 2.24) is 5.32 Å². The third kappa shape index (κ3) is 5.12. The van der Waals surface area contributed by atoms with E-state index in [4.69, 9.17) is 9.52 Å². The molecule has 2 aliphatic carbocycles. The molecule has 1 aromatic carbocycles. The van der Waals surface area contributed by atoms with Gasteiger partial charge in [-0.15, -0.1) is 11.3 Å². The van der Waals surface area contributed by atoms with Crippen molar-refractivity contribution in [3.63, 3.8) is 0 Å². The number of aliphatic carboxylic acids is 1. The van der Waals surface area contributed by atoms with Gasteiger partial charge in [0.05, 0.1) is 4.88 Å². The SMILES string of the molecule is O=C(O)CCC/C=C/CC1C2CCC(C2)C1NC(=O)c1ccc(Cc2cc3ccccc3o2)s1. The Morgan fingerprint density at radius 1 is 1.12 bits per heavy atom. The van der Waals surface area contributed by atoms with Crippen LogP contribution in [0.4, 0.5) is 0 Å². The smallest absolute Gasteiger partial charge is 0.303 e. The molecule has 34 heavy (non-hydrogen) atoms. The number of allylic oxidation sites excluding steroid dienone is 2. The summed E-state index contributed by atoms with van der Waals surface area (Å²) in [4.78, 5) is 25.6. The minimum Gasteiger partial charge on any atom is -0.481 e. The molecule has 2 heterocycles. The highest BCUT2D eigenvalue weighted by molar-refractivity contribution is 7.14. The van der Waals surface area contributed by atoms with Crippen LogP contribution >= 0.6 is 11.3 Å². The second-order valence-corrected chi connectivity index (χ2v) is 10.9. The molecule has 0 spiro atoms. The molecule has 2 N–H and O–H groups in total. The van der Waals surface area contributed by atoms with Gasteiger partial charge < -0.3 is 14.8 Å². The van der Waals surface area contributed by atoms with Crippen LogP contribution in [0, 0.1) is 17.8 Å². The maximum atomic E-state index is 13.1. The van der Waals surface area contributed by atoms with Crippen molar-refractivity contribution in [1.29, 1.82) is 0 Å². The topological polar surface area (TPSA) is 79.5 Å². The number of carbonyl (C=O) groups is 2. The molecule has 3 aromatic rings. The fraction of sp³-hybridized carbons (Fsp3) is 0.429. The highest BCUT2D eigenvalue weighted by atomic mass is 32.1. The number of carboxylic acids is 1. The van der Waals surface area contributed by atoms with Crippen molar-refractivity contribution < 1.29 is 19.1 Å². The molecule has 2 bridgehead atoms. The van der Waals surface area contributed by atoms with Crippen molar-refractivity contribution in [2.45, 2.75) is 57.4 Å². The van der Waals surface area contributed by atoms with Crippen LogP contribution in [0.5, 0.6) is 0 Å². The van der Waals surface area contributed by atoms with Gasteiger partial charge in [-0.1, -0.05) is 30.4 Å². The number of hydrogen-bond acceptors (Lipinski definition) is 4. The monoisotopic (exact) mass is 477 g/mol. The highest BCUT2D eigenvalue weighted by Crippen LogP contribution is 2.50. The Labute approximate surface area is 203 Å². The molecule has 0 radical (unpaired) electrons. The second kappa shape index (κ2) is 10.2. The van der Waals surface area contributed by atoms with Crippen LogP contribution in [0.2, 0.25) is 0 Å². The Balaban J connectivity index is 1.18. The maximum Gasteiger partial charge on any atom is 0.303 e. The van der Waals surface area contributed by atoms with Crippen LogP contribution in [-0.2, 0) is 11.2 Å². The Hall–Kier alpha value is -2.86. The molecule has 6 heteroatoms. The highest BCUT2D eigenvalue weighted by Gasteiger charge is 2.47. The molecule has 178 valence electrons. The molecule has 0 aliphatic heterocycles. The first-order valence-electron chi connectivity index (χ1n) is 12.3. The molecule has 1 amide bonds. The van der Waals surface area contributed by atoms with E-state index < -0.39 is 5.97 Å². The number of fused-ring (bicyclic) bond motifs is 3. The lowest BCUT2D eigenvalue weighted by atomic mass is 9.82. The summed E-state index contributed by atoms with van der Waals surface area (Å²) in [7, 11) is 0. The Morgan fingerprint density at radius 3 is 2.82 bits per heavy atom. The lowest BCUT2D eigenvalue weighted by Gasteiger charge is -2.31. The average Bonchev–Trinajstić information content (AvgIpc) is 3.60. The minimum atomic E-state index is -0.737. The second-order valence-electron chi connectivity index (χ2n) is 9.68. The van der Waals surface area contributed by atoms with Crippen LogP contribution in [0.15, 0.2) is 59.0 Å². The molecule has 2 saturated carbocycles. The summed E-state index contributed by atoms with van der Waals surface area (Å²) >= 11 is 1.55. The largest absolute Gasteiger partial charge is 0.481 e. The summed E-state index contributed by atoms with van der Waals surface area (Å²) in [6.45, 7) is 0. The van der Waals surface area contributed by atoms with Gasteiger partial charge in [-0.3, -0.25) is 9.59 Å². The quantitative estimate of drug-likeness (QED) is 0.260. The zero-order valence-electron chi connectivity index (χ0n) is 19.2. The number of hydrogen-bond donors (Lipinski definition) is 2. The van der Waals surface area contributed by atoms with Gasteiger partial charge in [0, 0.05) is 29.1 Å². The van der Waals surface area contributed by atoms with Crippen LogP contribution in [0.1, 0.15) is 65.3 Å². The van der Waals surface area contributed by atoms with Gasteiger partial charge in [-0.2, -0.15) is 0 Å². The Kier molecular flexibility index (Phi) is 6.86. The van der Waals surface area contributed by atoms with Gasteiger partial charge in [0.15, 0.2) is 0 Å². The van der Waals surface area contributed by atoms with Crippen LogP contribution < -0.4 is 5.32 Å². The number of nitrogens with one attached hydrogen (secondary N) is 1. The molecule has 0 saturated heterocycles. The molecule has 2 fully saturated rings. The van der Waals surface area contributed by atoms with Crippen LogP contribution in [-0.4, -0.2) is 23.0 Å². The van der Waals surface area contributed by atoms with E-state index in [1.165, 1.54) is 19.3 Å². The van der Waals surface area contributed by atoms with Crippen LogP contribution in [0.3, 0.4) is 0 Å². The molecular formula is C28H31NO4S. The zero-order chi connectivity index (χ0) is 23.5. The van der Waals surface area contributed by atoms with Crippen molar-refractivity contribution in [3.8, 4) is 0 Å². The molecule has 4 atom stereocenters. The van der Waals surface area contributed by atoms with Gasteiger partial charge in [0.1, 0.15) is 11.3 Å². The predicted octanol–water partition coefficient (Wildman–Crippen LogP) is 6.43. The van der Waals surface area contributed by atoms with E-state index in [-0.39, 0.29) is 18.4 Å². The number of benzene rings is 1. The fourth-order valence-electron chi connectivity index (χ4n) is 5.83. The number of unbranched alkanes of at least 4 members (excludes halogenated alkanes) is 1. The number of furan rings is 1. The van der Waals surface area contributed by atoms with Gasteiger partial charge in [-0.05, 0) is 80.5 Å². The van der Waals surface area contributed by atoms with Crippen molar-refractivity contribution in [2.24, 2.45) is 17.8 Å². The summed E-state index contributed by atoms with van der Waals surface area (Å²) in [6, 6.07) is 14.3. The summed E-state index contributed by atoms with van der Waals surface area (Å²) in [5, 5.41) is 13.2. The van der Waals surface area contributed by atoms with Gasteiger partial charge >= 0.3 is 5.97 Å². The Bertz CT molecular complexity index is 1160. The molecule has 2 aliphatic rings. The standard InChI is InChI=1S/C28H31NO4S/c30-26(31)10-4-2-1-3-8-23-18-11-12-20(15-18)27(23)29-28(32)25-14-13-22(34-25)17-21-16-19-7-5-6-9-24(19)33-21/h1,3,5-7,9,13-14,16,18,20,23,27H,2,4,8,10-12,15,17H2,(H,29,32)(H,30,31)/b3-1+. The Morgan fingerprint density at radius 2 is 1.97 bits per heavy atom. The maximum absolute atomic E-state index is 13.1. The van der Waals surface area contributed by atoms with Gasteiger partial charge in [0.25, 0.3) is 5.91 Å². The van der Waals surface area contributed by atoms with E-state index in [0.717, 1.165) is 39.3 Å². The van der Waals surface area contributed by atoms with E-state index in [1.807, 2.05) is 36.4 Å². The molecule has 4 unspecified atom stereocenters. The number of carbonyl (C=O) groups excluding carboxylic acids is 1. The van der Waals surface area contributed by atoms with Crippen molar-refractivity contribution in [3.05, 3.63) is 70.1 Å². The van der Waals surface area contributed by atoms with Crippen molar-refractivity contribution >= 4 is 34.2 Å². The third-order valence-electron chi connectivity index (χ3n) is 7.43. The van der Waals surface area contributed by atoms with E-state index in [2.05, 4.69) is 23.5 Å². The first kappa shape index (κ1) is 22.9. The molecule has 2 aromatic heterocycles. The summed E-state index contributed by atoms with van der Waals surface area (Å²) < 4.78 is 5.94.